The highest BCUT2D eigenvalue weighted by atomic mass is 16.2. The fourth-order valence-electron chi connectivity index (χ4n) is 2.79. The Balaban J connectivity index is 2.19. The van der Waals surface area contributed by atoms with Crippen molar-refractivity contribution in [3.8, 4) is 6.07 Å². The average molecular weight is 313 g/mol. The summed E-state index contributed by atoms with van der Waals surface area (Å²) in [4.78, 5) is 28.1. The van der Waals surface area contributed by atoms with Crippen LogP contribution in [0.15, 0.2) is 18.2 Å². The van der Waals surface area contributed by atoms with Crippen molar-refractivity contribution in [3.63, 3.8) is 0 Å². The van der Waals surface area contributed by atoms with Gasteiger partial charge in [-0.3, -0.25) is 9.59 Å². The molecule has 0 bridgehead atoms. The number of hydrogen-bond donors (Lipinski definition) is 0. The van der Waals surface area contributed by atoms with Crippen LogP contribution in [0.3, 0.4) is 0 Å². The summed E-state index contributed by atoms with van der Waals surface area (Å²) in [5, 5.41) is 9.09. The molecule has 2 rings (SSSR count). The van der Waals surface area contributed by atoms with Crippen LogP contribution in [0, 0.1) is 16.7 Å². The van der Waals surface area contributed by atoms with Crippen LogP contribution >= 0.6 is 0 Å². The molecule has 5 heteroatoms. The first kappa shape index (κ1) is 17.0. The number of rotatable bonds is 2. The predicted molar refractivity (Wildman–Crippen MR) is 89.4 cm³/mol. The third-order valence-corrected chi connectivity index (χ3v) is 4.06. The van der Waals surface area contributed by atoms with Crippen molar-refractivity contribution in [2.24, 2.45) is 5.41 Å². The van der Waals surface area contributed by atoms with E-state index in [2.05, 4.69) is 11.0 Å². The van der Waals surface area contributed by atoms with Crippen LogP contribution in [0.1, 0.15) is 43.6 Å². The molecule has 1 amide bonds. The summed E-state index contributed by atoms with van der Waals surface area (Å²) >= 11 is 0. The van der Waals surface area contributed by atoms with Gasteiger partial charge in [0.25, 0.3) is 0 Å². The van der Waals surface area contributed by atoms with E-state index in [4.69, 9.17) is 5.26 Å². The van der Waals surface area contributed by atoms with Crippen molar-refractivity contribution in [2.45, 2.75) is 27.7 Å². The Hall–Kier alpha value is -2.35. The van der Waals surface area contributed by atoms with Gasteiger partial charge in [-0.1, -0.05) is 20.8 Å². The second kappa shape index (κ2) is 6.41. The first-order valence-electron chi connectivity index (χ1n) is 7.83. The number of hydrogen-bond acceptors (Lipinski definition) is 4. The van der Waals surface area contributed by atoms with E-state index in [1.54, 1.807) is 18.2 Å². The van der Waals surface area contributed by atoms with E-state index in [1.165, 1.54) is 6.92 Å². The quantitative estimate of drug-likeness (QED) is 0.787. The lowest BCUT2D eigenvalue weighted by Crippen LogP contribution is -2.52. The molecule has 1 aromatic carbocycles. The number of nitrogens with zero attached hydrogens (tertiary/aromatic N) is 3. The normalized spacial score (nSPS) is 15.3. The smallest absolute Gasteiger partial charge is 0.228 e. The molecule has 0 aromatic heterocycles. The molecule has 1 aromatic rings. The van der Waals surface area contributed by atoms with Gasteiger partial charge in [-0.05, 0) is 25.1 Å². The van der Waals surface area contributed by atoms with Crippen LogP contribution in [0.4, 0.5) is 5.69 Å². The van der Waals surface area contributed by atoms with Crippen molar-refractivity contribution in [1.82, 2.24) is 4.90 Å². The molecule has 0 atom stereocenters. The number of carbonyl (C=O) groups excluding carboxylic acids is 2. The minimum Gasteiger partial charge on any atom is -0.367 e. The maximum Gasteiger partial charge on any atom is 0.228 e. The lowest BCUT2D eigenvalue weighted by Gasteiger charge is -2.39. The van der Waals surface area contributed by atoms with Crippen molar-refractivity contribution in [1.29, 1.82) is 5.26 Å². The van der Waals surface area contributed by atoms with Crippen molar-refractivity contribution in [2.75, 3.05) is 31.1 Å². The van der Waals surface area contributed by atoms with Gasteiger partial charge in [-0.25, -0.2) is 0 Å². The number of piperazine rings is 1. The van der Waals surface area contributed by atoms with Crippen LogP contribution in [0.5, 0.6) is 0 Å². The van der Waals surface area contributed by atoms with Gasteiger partial charge in [0.1, 0.15) is 0 Å². The van der Waals surface area contributed by atoms with E-state index in [9.17, 15) is 9.59 Å². The van der Waals surface area contributed by atoms with Crippen LogP contribution < -0.4 is 4.90 Å². The molecule has 0 N–H and O–H groups in total. The topological polar surface area (TPSA) is 64.4 Å². The number of amides is 1. The van der Waals surface area contributed by atoms with Gasteiger partial charge < -0.3 is 9.80 Å². The first-order valence-corrected chi connectivity index (χ1v) is 7.83. The van der Waals surface area contributed by atoms with Crippen molar-refractivity contribution >= 4 is 17.4 Å². The maximum absolute atomic E-state index is 12.3. The molecule has 1 heterocycles. The predicted octanol–water partition coefficient (Wildman–Crippen LogP) is 2.46. The Morgan fingerprint density at radius 3 is 2.22 bits per heavy atom. The number of benzene rings is 1. The van der Waals surface area contributed by atoms with Crippen LogP contribution in [-0.2, 0) is 4.79 Å². The van der Waals surface area contributed by atoms with Crippen molar-refractivity contribution < 1.29 is 9.59 Å². The largest absolute Gasteiger partial charge is 0.367 e. The molecule has 0 saturated carbocycles. The molecule has 23 heavy (non-hydrogen) atoms. The molecule has 5 nitrogen and oxygen atoms in total. The fraction of sp³-hybridized carbons (Fsp3) is 0.500. The summed E-state index contributed by atoms with van der Waals surface area (Å²) in [6, 6.07) is 7.26. The lowest BCUT2D eigenvalue weighted by molar-refractivity contribution is -0.139. The van der Waals surface area contributed by atoms with E-state index in [-0.39, 0.29) is 17.1 Å². The minimum atomic E-state index is -0.382. The summed E-state index contributed by atoms with van der Waals surface area (Å²) in [6.45, 7) is 9.89. The number of anilines is 1. The maximum atomic E-state index is 12.3. The van der Waals surface area contributed by atoms with E-state index in [0.717, 1.165) is 5.69 Å². The molecule has 122 valence electrons. The Labute approximate surface area is 137 Å². The molecular weight excluding hydrogens is 290 g/mol. The zero-order valence-corrected chi connectivity index (χ0v) is 14.2. The molecule has 0 unspecified atom stereocenters. The molecule has 0 aliphatic carbocycles. The Bertz CT molecular complexity index is 660. The van der Waals surface area contributed by atoms with E-state index in [1.807, 2.05) is 25.7 Å². The zero-order chi connectivity index (χ0) is 17.2. The summed E-state index contributed by atoms with van der Waals surface area (Å²) in [6.07, 6.45) is 0. The molecule has 1 aliphatic rings. The second-order valence-electron chi connectivity index (χ2n) is 6.93. The lowest BCUT2D eigenvalue weighted by atomic mass is 9.94. The summed E-state index contributed by atoms with van der Waals surface area (Å²) in [5.74, 6) is 0.132. The third-order valence-electron chi connectivity index (χ3n) is 4.06. The summed E-state index contributed by atoms with van der Waals surface area (Å²) in [5.41, 5.74) is 1.57. The molecule has 0 radical (unpaired) electrons. The van der Waals surface area contributed by atoms with Gasteiger partial charge in [-0.2, -0.15) is 5.26 Å². The van der Waals surface area contributed by atoms with E-state index in [0.29, 0.717) is 37.3 Å². The number of ketones is 1. The Kier molecular flexibility index (Phi) is 4.74. The van der Waals surface area contributed by atoms with E-state index >= 15 is 0 Å². The van der Waals surface area contributed by atoms with Gasteiger partial charge in [0.15, 0.2) is 5.78 Å². The second-order valence-corrected chi connectivity index (χ2v) is 6.93. The molecule has 1 aliphatic heterocycles. The van der Waals surface area contributed by atoms with Gasteiger partial charge >= 0.3 is 0 Å². The minimum absolute atomic E-state index is 0.0160. The Morgan fingerprint density at radius 2 is 1.74 bits per heavy atom. The van der Waals surface area contributed by atoms with E-state index < -0.39 is 0 Å². The Morgan fingerprint density at radius 1 is 1.13 bits per heavy atom. The monoisotopic (exact) mass is 313 g/mol. The SMILES string of the molecule is CC(=O)c1ccc(C#N)cc1N1CCN(C(=O)C(C)(C)C)CC1. The third kappa shape index (κ3) is 3.70. The highest BCUT2D eigenvalue weighted by Gasteiger charge is 2.30. The summed E-state index contributed by atoms with van der Waals surface area (Å²) in [7, 11) is 0. The van der Waals surface area contributed by atoms with Crippen LogP contribution in [0.25, 0.3) is 0 Å². The van der Waals surface area contributed by atoms with Gasteiger partial charge in [0, 0.05) is 42.8 Å². The molecule has 0 spiro atoms. The van der Waals surface area contributed by atoms with Gasteiger partial charge in [0.2, 0.25) is 5.91 Å². The average Bonchev–Trinajstić information content (AvgIpc) is 2.52. The molecular formula is C18H23N3O2. The van der Waals surface area contributed by atoms with Crippen LogP contribution in [-0.4, -0.2) is 42.8 Å². The van der Waals surface area contributed by atoms with Crippen molar-refractivity contribution in [3.05, 3.63) is 29.3 Å². The fourth-order valence-corrected chi connectivity index (χ4v) is 2.79. The molecule has 1 fully saturated rings. The zero-order valence-electron chi connectivity index (χ0n) is 14.2. The number of nitriles is 1. The number of carbonyl (C=O) groups is 2. The highest BCUT2D eigenvalue weighted by Crippen LogP contribution is 2.25. The van der Waals surface area contributed by atoms with Gasteiger partial charge in [0.05, 0.1) is 11.6 Å². The standard InChI is InChI=1S/C18H23N3O2/c1-13(22)15-6-5-14(12-19)11-16(15)20-7-9-21(10-8-20)17(23)18(2,3)4/h5-6,11H,7-10H2,1-4H3. The van der Waals surface area contributed by atoms with Crippen LogP contribution in [0.2, 0.25) is 0 Å². The summed E-state index contributed by atoms with van der Waals surface area (Å²) < 4.78 is 0. The van der Waals surface area contributed by atoms with Gasteiger partial charge in [-0.15, -0.1) is 0 Å². The first-order chi connectivity index (χ1) is 10.7. The highest BCUT2D eigenvalue weighted by molar-refractivity contribution is 6.00. The number of Topliss-reactive ketones (excluding diaryl/α,β-unsaturated/α-hetero) is 1. The molecule has 1 saturated heterocycles.